The molecule has 1 heterocycles. The second-order valence-electron chi connectivity index (χ2n) is 4.43. The van der Waals surface area contributed by atoms with E-state index in [4.69, 9.17) is 15.8 Å². The summed E-state index contributed by atoms with van der Waals surface area (Å²) < 4.78 is 7.59. The number of halogens is 1. The molecule has 4 heteroatoms. The van der Waals surface area contributed by atoms with Crippen molar-refractivity contribution in [3.05, 3.63) is 0 Å². The summed E-state index contributed by atoms with van der Waals surface area (Å²) >= 11 is 5.95. The van der Waals surface area contributed by atoms with Gasteiger partial charge in [0.2, 0.25) is 7.65 Å². The van der Waals surface area contributed by atoms with Crippen LogP contribution >= 0.6 is 18.9 Å². The Morgan fingerprint density at radius 2 is 2.08 bits per heavy atom. The fourth-order valence-corrected chi connectivity index (χ4v) is 2.39. The van der Waals surface area contributed by atoms with Crippen LogP contribution < -0.4 is 0 Å². The molecule has 12 heavy (non-hydrogen) atoms. The van der Waals surface area contributed by atoms with E-state index in [1.807, 2.05) is 7.05 Å². The summed E-state index contributed by atoms with van der Waals surface area (Å²) in [7, 11) is 1.20. The molecule has 2 atom stereocenters. The molecule has 1 saturated heterocycles. The minimum absolute atomic E-state index is 0.321. The van der Waals surface area contributed by atoms with Crippen LogP contribution in [0.3, 0.4) is 0 Å². The van der Waals surface area contributed by atoms with Crippen LogP contribution in [0.25, 0.3) is 0 Å². The Balaban J connectivity index is 2.51. The molecule has 0 radical (unpaired) electrons. The Bertz CT molecular complexity index is 160. The molecule has 0 amide bonds. The lowest BCUT2D eigenvalue weighted by Crippen LogP contribution is -2.37. The first-order valence-corrected chi connectivity index (χ1v) is 6.33. The van der Waals surface area contributed by atoms with Gasteiger partial charge in [0.15, 0.2) is 0 Å². The van der Waals surface area contributed by atoms with Crippen LogP contribution in [0.1, 0.15) is 20.8 Å². The summed E-state index contributed by atoms with van der Waals surface area (Å²) in [5.41, 5.74) is 0.321. The van der Waals surface area contributed by atoms with Gasteiger partial charge in [-0.25, -0.2) is 0 Å². The van der Waals surface area contributed by atoms with Gasteiger partial charge in [0.05, 0.1) is 6.61 Å². The molecule has 0 saturated carbocycles. The first kappa shape index (κ1) is 10.7. The van der Waals surface area contributed by atoms with Crippen molar-refractivity contribution in [2.75, 3.05) is 20.2 Å². The highest BCUT2D eigenvalue weighted by atomic mass is 35.7. The fraction of sp³-hybridized carbons (Fsp3) is 1.00. The normalized spacial score (nSPS) is 33.8. The van der Waals surface area contributed by atoms with Gasteiger partial charge in [-0.3, -0.25) is 4.67 Å². The van der Waals surface area contributed by atoms with Gasteiger partial charge >= 0.3 is 0 Å². The summed E-state index contributed by atoms with van der Waals surface area (Å²) in [6.07, 6.45) is 0. The van der Waals surface area contributed by atoms with Crippen LogP contribution in [0.2, 0.25) is 0 Å². The van der Waals surface area contributed by atoms with Gasteiger partial charge in [0.25, 0.3) is 0 Å². The highest BCUT2D eigenvalue weighted by Gasteiger charge is 2.32. The van der Waals surface area contributed by atoms with Gasteiger partial charge < -0.3 is 4.52 Å². The SMILES string of the molecule is CN1CC(C(C)(C)C)COP1Cl. The quantitative estimate of drug-likeness (QED) is 0.569. The van der Waals surface area contributed by atoms with E-state index >= 15 is 0 Å². The van der Waals surface area contributed by atoms with E-state index in [1.165, 1.54) is 0 Å². The van der Waals surface area contributed by atoms with Crippen molar-refractivity contribution in [2.24, 2.45) is 11.3 Å². The topological polar surface area (TPSA) is 12.5 Å². The zero-order valence-electron chi connectivity index (χ0n) is 8.17. The van der Waals surface area contributed by atoms with E-state index in [0.717, 1.165) is 13.2 Å². The maximum atomic E-state index is 5.95. The monoisotopic (exact) mass is 209 g/mol. The standard InChI is InChI=1S/C8H17ClNOP/c1-8(2,3)7-5-10(4)12(9)11-6-7/h7H,5-6H2,1-4H3. The Labute approximate surface area is 80.9 Å². The Hall–Kier alpha value is 0.640. The Morgan fingerprint density at radius 3 is 2.50 bits per heavy atom. The van der Waals surface area contributed by atoms with E-state index < -0.39 is 7.65 Å². The maximum absolute atomic E-state index is 5.95. The van der Waals surface area contributed by atoms with E-state index in [2.05, 4.69) is 25.4 Å². The molecule has 0 spiro atoms. The maximum Gasteiger partial charge on any atom is 0.206 e. The third-order valence-electron chi connectivity index (χ3n) is 2.36. The first-order valence-electron chi connectivity index (χ1n) is 4.21. The molecular weight excluding hydrogens is 193 g/mol. The molecule has 1 aliphatic rings. The second kappa shape index (κ2) is 3.79. The zero-order valence-corrected chi connectivity index (χ0v) is 9.82. The van der Waals surface area contributed by atoms with Crippen LogP contribution in [0.15, 0.2) is 0 Å². The van der Waals surface area contributed by atoms with Crippen LogP contribution in [0.4, 0.5) is 0 Å². The first-order chi connectivity index (χ1) is 5.41. The lowest BCUT2D eigenvalue weighted by atomic mass is 9.81. The highest BCUT2D eigenvalue weighted by molar-refractivity contribution is 7.78. The fourth-order valence-electron chi connectivity index (χ4n) is 1.21. The van der Waals surface area contributed by atoms with Gasteiger partial charge in [0, 0.05) is 12.5 Å². The van der Waals surface area contributed by atoms with Crippen molar-refractivity contribution in [3.63, 3.8) is 0 Å². The van der Waals surface area contributed by atoms with Crippen molar-refractivity contribution in [1.82, 2.24) is 4.67 Å². The number of hydrogen-bond acceptors (Lipinski definition) is 2. The van der Waals surface area contributed by atoms with Crippen LogP contribution in [-0.2, 0) is 4.52 Å². The number of nitrogens with zero attached hydrogens (tertiary/aromatic N) is 1. The van der Waals surface area contributed by atoms with Crippen molar-refractivity contribution in [2.45, 2.75) is 20.8 Å². The van der Waals surface area contributed by atoms with Gasteiger partial charge in [-0.2, -0.15) is 0 Å². The molecule has 0 aromatic rings. The second-order valence-corrected chi connectivity index (χ2v) is 6.69. The van der Waals surface area contributed by atoms with Crippen molar-refractivity contribution in [1.29, 1.82) is 0 Å². The minimum Gasteiger partial charge on any atom is -0.331 e. The molecule has 1 aliphatic heterocycles. The third kappa shape index (κ3) is 2.56. The Kier molecular flexibility index (Phi) is 3.39. The molecule has 0 aromatic heterocycles. The predicted molar refractivity (Wildman–Crippen MR) is 54.3 cm³/mol. The molecule has 0 bridgehead atoms. The largest absolute Gasteiger partial charge is 0.331 e. The summed E-state index contributed by atoms with van der Waals surface area (Å²) in [4.78, 5) is 0. The molecule has 2 nitrogen and oxygen atoms in total. The van der Waals surface area contributed by atoms with Crippen LogP contribution in [-0.4, -0.2) is 24.9 Å². The van der Waals surface area contributed by atoms with Crippen molar-refractivity contribution in [3.8, 4) is 0 Å². The molecular formula is C8H17ClNOP. The predicted octanol–water partition coefficient (Wildman–Crippen LogP) is 3.08. The molecule has 0 aromatic carbocycles. The third-order valence-corrected chi connectivity index (χ3v) is 4.49. The van der Waals surface area contributed by atoms with Crippen molar-refractivity contribution >= 4 is 18.9 Å². The molecule has 72 valence electrons. The molecule has 0 N–H and O–H groups in total. The zero-order chi connectivity index (χ0) is 9.35. The van der Waals surface area contributed by atoms with E-state index in [9.17, 15) is 0 Å². The summed E-state index contributed by atoms with van der Waals surface area (Å²) in [6.45, 7) is 8.60. The average molecular weight is 210 g/mol. The molecule has 1 rings (SSSR count). The molecule has 2 unspecified atom stereocenters. The average Bonchev–Trinajstić information content (AvgIpc) is 1.92. The van der Waals surface area contributed by atoms with Gasteiger partial charge in [-0.1, -0.05) is 20.8 Å². The Morgan fingerprint density at radius 1 is 1.50 bits per heavy atom. The molecule has 1 fully saturated rings. The summed E-state index contributed by atoms with van der Waals surface area (Å²) in [5, 5.41) is 0. The van der Waals surface area contributed by atoms with E-state index in [-0.39, 0.29) is 0 Å². The van der Waals surface area contributed by atoms with Gasteiger partial charge in [-0.15, -0.1) is 0 Å². The molecule has 0 aliphatic carbocycles. The van der Waals surface area contributed by atoms with Gasteiger partial charge in [0.1, 0.15) is 0 Å². The summed E-state index contributed by atoms with van der Waals surface area (Å²) in [5.74, 6) is 0.597. The number of hydrogen-bond donors (Lipinski definition) is 0. The smallest absolute Gasteiger partial charge is 0.206 e. The highest BCUT2D eigenvalue weighted by Crippen LogP contribution is 2.50. The van der Waals surface area contributed by atoms with E-state index in [0.29, 0.717) is 11.3 Å². The van der Waals surface area contributed by atoms with Crippen LogP contribution in [0.5, 0.6) is 0 Å². The lowest BCUT2D eigenvalue weighted by molar-refractivity contribution is 0.107. The van der Waals surface area contributed by atoms with E-state index in [1.54, 1.807) is 0 Å². The lowest BCUT2D eigenvalue weighted by Gasteiger charge is -2.39. The minimum atomic E-state index is -0.821. The number of rotatable bonds is 0. The van der Waals surface area contributed by atoms with Crippen LogP contribution in [0, 0.1) is 11.3 Å². The summed E-state index contributed by atoms with van der Waals surface area (Å²) in [6, 6.07) is 0. The van der Waals surface area contributed by atoms with Crippen molar-refractivity contribution < 1.29 is 4.52 Å². The van der Waals surface area contributed by atoms with Gasteiger partial charge in [-0.05, 0) is 23.7 Å².